The molecule has 2 rings (SSSR count). The number of aliphatic carboxylic acids is 1. The number of amides is 1. The summed E-state index contributed by atoms with van der Waals surface area (Å²) < 4.78 is 0. The van der Waals surface area contributed by atoms with Gasteiger partial charge in [0.25, 0.3) is 0 Å². The number of carbonyl (C=O) groups is 2. The molecule has 3 N–H and O–H groups in total. The van der Waals surface area contributed by atoms with Gasteiger partial charge < -0.3 is 20.4 Å². The number of carbonyl (C=O) groups excluding carboxylic acids is 1. The molecule has 6 nitrogen and oxygen atoms in total. The van der Waals surface area contributed by atoms with Crippen molar-refractivity contribution in [3.05, 3.63) is 0 Å². The molecule has 19 heavy (non-hydrogen) atoms. The van der Waals surface area contributed by atoms with Gasteiger partial charge in [-0.25, -0.2) is 4.79 Å². The van der Waals surface area contributed by atoms with Crippen molar-refractivity contribution < 1.29 is 19.8 Å². The number of piperidine rings is 1. The summed E-state index contributed by atoms with van der Waals surface area (Å²) in [5.74, 6) is -0.694. The van der Waals surface area contributed by atoms with Gasteiger partial charge in [-0.05, 0) is 25.3 Å². The second-order valence-corrected chi connectivity index (χ2v) is 5.54. The van der Waals surface area contributed by atoms with Crippen molar-refractivity contribution in [2.75, 3.05) is 13.1 Å². The first-order chi connectivity index (χ1) is 9.02. The van der Waals surface area contributed by atoms with Crippen LogP contribution in [-0.2, 0) is 9.59 Å². The van der Waals surface area contributed by atoms with Crippen LogP contribution in [0.2, 0.25) is 0 Å². The normalized spacial score (nSPS) is 35.4. The van der Waals surface area contributed by atoms with Crippen LogP contribution in [-0.4, -0.2) is 58.3 Å². The van der Waals surface area contributed by atoms with E-state index in [0.717, 1.165) is 25.8 Å². The number of aliphatic hydroxyl groups is 1. The van der Waals surface area contributed by atoms with E-state index in [2.05, 4.69) is 12.2 Å². The lowest BCUT2D eigenvalue weighted by atomic mass is 9.90. The molecule has 1 amide bonds. The van der Waals surface area contributed by atoms with Crippen LogP contribution in [0.1, 0.15) is 32.6 Å². The molecule has 0 aromatic heterocycles. The zero-order chi connectivity index (χ0) is 14.0. The molecule has 0 radical (unpaired) electrons. The Morgan fingerprint density at radius 2 is 2.11 bits per heavy atom. The van der Waals surface area contributed by atoms with Crippen LogP contribution in [0.4, 0.5) is 0 Å². The van der Waals surface area contributed by atoms with Crippen molar-refractivity contribution in [2.45, 2.75) is 50.8 Å². The van der Waals surface area contributed by atoms with Gasteiger partial charge >= 0.3 is 5.97 Å². The van der Waals surface area contributed by atoms with Crippen molar-refractivity contribution in [3.63, 3.8) is 0 Å². The van der Waals surface area contributed by atoms with E-state index < -0.39 is 18.1 Å². The van der Waals surface area contributed by atoms with E-state index in [1.165, 1.54) is 4.90 Å². The lowest BCUT2D eigenvalue weighted by molar-refractivity contribution is -0.149. The zero-order valence-corrected chi connectivity index (χ0v) is 11.2. The molecule has 0 aliphatic carbocycles. The highest BCUT2D eigenvalue weighted by Gasteiger charge is 2.41. The van der Waals surface area contributed by atoms with E-state index in [4.69, 9.17) is 5.11 Å². The van der Waals surface area contributed by atoms with Crippen LogP contribution < -0.4 is 5.32 Å². The summed E-state index contributed by atoms with van der Waals surface area (Å²) in [5.41, 5.74) is 0. The van der Waals surface area contributed by atoms with Crippen molar-refractivity contribution in [2.24, 2.45) is 5.92 Å². The first-order valence-electron chi connectivity index (χ1n) is 6.97. The Bertz CT molecular complexity index is 361. The molecule has 2 saturated heterocycles. The Hall–Kier alpha value is -1.14. The van der Waals surface area contributed by atoms with Gasteiger partial charge in [-0.15, -0.1) is 0 Å². The number of hydrogen-bond donors (Lipinski definition) is 3. The third-order valence-electron chi connectivity index (χ3n) is 4.23. The maximum atomic E-state index is 12.4. The van der Waals surface area contributed by atoms with Gasteiger partial charge in [0.1, 0.15) is 6.04 Å². The minimum atomic E-state index is -1.03. The summed E-state index contributed by atoms with van der Waals surface area (Å²) >= 11 is 0. The van der Waals surface area contributed by atoms with E-state index >= 15 is 0 Å². The number of aliphatic hydroxyl groups excluding tert-OH is 1. The molecule has 0 spiro atoms. The van der Waals surface area contributed by atoms with Crippen molar-refractivity contribution >= 4 is 11.9 Å². The van der Waals surface area contributed by atoms with Gasteiger partial charge in [0, 0.05) is 13.0 Å². The Morgan fingerprint density at radius 3 is 2.74 bits per heavy atom. The predicted molar refractivity (Wildman–Crippen MR) is 68.6 cm³/mol. The van der Waals surface area contributed by atoms with Crippen molar-refractivity contribution in [3.8, 4) is 0 Å². The van der Waals surface area contributed by atoms with Crippen LogP contribution in [0.5, 0.6) is 0 Å². The molecule has 2 fully saturated rings. The molecule has 0 saturated carbocycles. The fourth-order valence-corrected chi connectivity index (χ4v) is 3.05. The van der Waals surface area contributed by atoms with Crippen LogP contribution in [0.25, 0.3) is 0 Å². The summed E-state index contributed by atoms with van der Waals surface area (Å²) in [5, 5.41) is 21.9. The Balaban J connectivity index is 2.03. The fourth-order valence-electron chi connectivity index (χ4n) is 3.05. The number of β-amino-alcohol motifs (C(OH)–C–C–N with tert-alkyl or cyclic N) is 1. The van der Waals surface area contributed by atoms with E-state index in [-0.39, 0.29) is 24.9 Å². The Morgan fingerprint density at radius 1 is 1.37 bits per heavy atom. The van der Waals surface area contributed by atoms with Crippen LogP contribution in [0, 0.1) is 5.92 Å². The van der Waals surface area contributed by atoms with Gasteiger partial charge in [0.2, 0.25) is 5.91 Å². The smallest absolute Gasteiger partial charge is 0.326 e. The third kappa shape index (κ3) is 3.06. The van der Waals surface area contributed by atoms with Gasteiger partial charge in [0.05, 0.1) is 12.1 Å². The number of carboxylic acids is 1. The molecule has 4 unspecified atom stereocenters. The maximum Gasteiger partial charge on any atom is 0.326 e. The lowest BCUT2D eigenvalue weighted by Crippen LogP contribution is -2.53. The Kier molecular flexibility index (Phi) is 4.42. The molecule has 2 aliphatic heterocycles. The van der Waals surface area contributed by atoms with E-state index in [0.29, 0.717) is 5.92 Å². The summed E-state index contributed by atoms with van der Waals surface area (Å²) in [6.45, 7) is 3.03. The number of likely N-dealkylation sites (tertiary alicyclic amines) is 1. The topological polar surface area (TPSA) is 89.9 Å². The number of nitrogens with one attached hydrogen (secondary N) is 1. The molecule has 0 bridgehead atoms. The fraction of sp³-hybridized carbons (Fsp3) is 0.846. The number of nitrogens with zero attached hydrogens (tertiary/aromatic N) is 1. The highest BCUT2D eigenvalue weighted by atomic mass is 16.4. The molecule has 0 aromatic carbocycles. The van der Waals surface area contributed by atoms with E-state index in [1.54, 1.807) is 0 Å². The number of carboxylic acid groups (broad SMARTS) is 1. The molecule has 108 valence electrons. The highest BCUT2D eigenvalue weighted by molar-refractivity contribution is 5.87. The summed E-state index contributed by atoms with van der Waals surface area (Å²) in [6, 6.07) is -1.18. The molecule has 0 aromatic rings. The summed E-state index contributed by atoms with van der Waals surface area (Å²) in [4.78, 5) is 24.9. The van der Waals surface area contributed by atoms with Gasteiger partial charge in [0.15, 0.2) is 0 Å². The molecule has 2 heterocycles. The van der Waals surface area contributed by atoms with Crippen LogP contribution in [0.15, 0.2) is 0 Å². The largest absolute Gasteiger partial charge is 0.480 e. The van der Waals surface area contributed by atoms with E-state index in [1.807, 2.05) is 0 Å². The predicted octanol–water partition coefficient (Wildman–Crippen LogP) is -0.189. The number of rotatable bonds is 3. The quantitative estimate of drug-likeness (QED) is 0.661. The summed E-state index contributed by atoms with van der Waals surface area (Å²) in [7, 11) is 0. The zero-order valence-electron chi connectivity index (χ0n) is 11.2. The van der Waals surface area contributed by atoms with Crippen molar-refractivity contribution in [1.29, 1.82) is 0 Å². The molecular weight excluding hydrogens is 248 g/mol. The lowest BCUT2D eigenvalue weighted by Gasteiger charge is -2.33. The van der Waals surface area contributed by atoms with Gasteiger partial charge in [-0.1, -0.05) is 13.3 Å². The highest BCUT2D eigenvalue weighted by Crippen LogP contribution is 2.24. The third-order valence-corrected chi connectivity index (χ3v) is 4.23. The van der Waals surface area contributed by atoms with Crippen LogP contribution in [0.3, 0.4) is 0 Å². The molecular formula is C13H22N2O4. The maximum absolute atomic E-state index is 12.4. The summed E-state index contributed by atoms with van der Waals surface area (Å²) in [6.07, 6.45) is 2.26. The monoisotopic (exact) mass is 270 g/mol. The average molecular weight is 270 g/mol. The van der Waals surface area contributed by atoms with Crippen LogP contribution >= 0.6 is 0 Å². The van der Waals surface area contributed by atoms with Gasteiger partial charge in [-0.2, -0.15) is 0 Å². The van der Waals surface area contributed by atoms with Crippen molar-refractivity contribution in [1.82, 2.24) is 10.2 Å². The second-order valence-electron chi connectivity index (χ2n) is 5.54. The van der Waals surface area contributed by atoms with Gasteiger partial charge in [-0.3, -0.25) is 4.79 Å². The molecule has 2 aliphatic rings. The van der Waals surface area contributed by atoms with E-state index in [9.17, 15) is 14.7 Å². The average Bonchev–Trinajstić information content (AvgIpc) is 2.80. The minimum Gasteiger partial charge on any atom is -0.480 e. The minimum absolute atomic E-state index is 0.130. The second kappa shape index (κ2) is 5.88. The SMILES string of the molecule is CCC1CCNC(C(=O)N2CC(O)CC2C(=O)O)C1. The first-order valence-corrected chi connectivity index (χ1v) is 6.97. The Labute approximate surface area is 112 Å². The molecule has 6 heteroatoms. The standard InChI is InChI=1S/C13H22N2O4/c1-2-8-3-4-14-10(5-8)12(17)15-7-9(16)6-11(15)13(18)19/h8-11,14,16H,2-7H2,1H3,(H,18,19). The molecule has 4 atom stereocenters. The first kappa shape index (κ1) is 14.3. The number of hydrogen-bond acceptors (Lipinski definition) is 4.